The molecule has 0 saturated heterocycles. The Morgan fingerprint density at radius 3 is 2.12 bits per heavy atom. The van der Waals surface area contributed by atoms with Crippen molar-refractivity contribution in [3.8, 4) is 0 Å². The first-order chi connectivity index (χ1) is 12.0. The van der Waals surface area contributed by atoms with Crippen LogP contribution in [0.5, 0.6) is 0 Å². The Morgan fingerprint density at radius 2 is 1.52 bits per heavy atom. The molecule has 0 heterocycles. The van der Waals surface area contributed by atoms with Crippen LogP contribution < -0.4 is 15.1 Å². The highest BCUT2D eigenvalue weighted by Gasteiger charge is 2.09. The number of hydrogen-bond acceptors (Lipinski definition) is 3. The van der Waals surface area contributed by atoms with E-state index in [2.05, 4.69) is 51.5 Å². The van der Waals surface area contributed by atoms with E-state index in [0.29, 0.717) is 13.1 Å². The number of carbonyl (C=O) groups excluding carboxylic acids is 1. The molecule has 0 bridgehead atoms. The van der Waals surface area contributed by atoms with Crippen LogP contribution in [-0.4, -0.2) is 52.2 Å². The summed E-state index contributed by atoms with van der Waals surface area (Å²) in [5.74, 6) is 0. The highest BCUT2D eigenvalue weighted by Crippen LogP contribution is 2.13. The van der Waals surface area contributed by atoms with E-state index in [1.807, 2.05) is 46.4 Å². The zero-order valence-corrected chi connectivity index (χ0v) is 15.6. The zero-order chi connectivity index (χ0) is 18.2. The molecule has 2 amide bonds. The SMILES string of the molecule is CN(Cc1ccc(N(C)C)cc1)C(=O)NCCN(C)c1ccccc1. The fourth-order valence-corrected chi connectivity index (χ4v) is 2.52. The summed E-state index contributed by atoms with van der Waals surface area (Å²) in [6.07, 6.45) is 0. The summed E-state index contributed by atoms with van der Waals surface area (Å²) < 4.78 is 0. The van der Waals surface area contributed by atoms with Crippen molar-refractivity contribution < 1.29 is 4.79 Å². The quantitative estimate of drug-likeness (QED) is 0.842. The Hall–Kier alpha value is -2.69. The highest BCUT2D eigenvalue weighted by molar-refractivity contribution is 5.73. The van der Waals surface area contributed by atoms with E-state index in [9.17, 15) is 4.79 Å². The summed E-state index contributed by atoms with van der Waals surface area (Å²) in [6, 6.07) is 18.3. The number of benzene rings is 2. The number of carbonyl (C=O) groups is 1. The first-order valence-electron chi connectivity index (χ1n) is 8.49. The van der Waals surface area contributed by atoms with Gasteiger partial charge in [0.1, 0.15) is 0 Å². The molecule has 134 valence electrons. The van der Waals surface area contributed by atoms with Crippen LogP contribution in [0.4, 0.5) is 16.2 Å². The molecule has 2 rings (SSSR count). The van der Waals surface area contributed by atoms with E-state index < -0.39 is 0 Å². The molecule has 2 aromatic rings. The van der Waals surface area contributed by atoms with Gasteiger partial charge in [-0.1, -0.05) is 30.3 Å². The lowest BCUT2D eigenvalue weighted by Crippen LogP contribution is -2.40. The smallest absolute Gasteiger partial charge is 0.317 e. The number of urea groups is 1. The van der Waals surface area contributed by atoms with Crippen molar-refractivity contribution in [2.24, 2.45) is 0 Å². The Labute approximate surface area is 150 Å². The van der Waals surface area contributed by atoms with E-state index >= 15 is 0 Å². The second-order valence-electron chi connectivity index (χ2n) is 6.41. The number of hydrogen-bond donors (Lipinski definition) is 1. The Balaban J connectivity index is 1.76. The van der Waals surface area contributed by atoms with Gasteiger partial charge in [-0.2, -0.15) is 0 Å². The van der Waals surface area contributed by atoms with E-state index in [1.54, 1.807) is 4.90 Å². The first kappa shape index (κ1) is 18.6. The third-order valence-corrected chi connectivity index (χ3v) is 4.14. The predicted molar refractivity (Wildman–Crippen MR) is 105 cm³/mol. The van der Waals surface area contributed by atoms with Gasteiger partial charge < -0.3 is 20.0 Å². The third kappa shape index (κ3) is 5.71. The normalized spacial score (nSPS) is 10.2. The van der Waals surface area contributed by atoms with Gasteiger partial charge in [0.25, 0.3) is 0 Å². The molecule has 25 heavy (non-hydrogen) atoms. The van der Waals surface area contributed by atoms with Gasteiger partial charge in [-0.05, 0) is 29.8 Å². The molecular formula is C20H28N4O. The lowest BCUT2D eigenvalue weighted by Gasteiger charge is -2.22. The number of nitrogens with one attached hydrogen (secondary N) is 1. The molecule has 5 nitrogen and oxygen atoms in total. The molecule has 0 aliphatic carbocycles. The average Bonchev–Trinajstić information content (AvgIpc) is 2.62. The predicted octanol–water partition coefficient (Wildman–Crippen LogP) is 3.03. The van der Waals surface area contributed by atoms with Crippen LogP contribution in [0.15, 0.2) is 54.6 Å². The van der Waals surface area contributed by atoms with Crippen LogP contribution in [0.2, 0.25) is 0 Å². The molecule has 0 unspecified atom stereocenters. The molecule has 0 spiro atoms. The van der Waals surface area contributed by atoms with Gasteiger partial charge in [-0.3, -0.25) is 0 Å². The number of amides is 2. The number of para-hydroxylation sites is 1. The van der Waals surface area contributed by atoms with Crippen molar-refractivity contribution in [2.45, 2.75) is 6.54 Å². The van der Waals surface area contributed by atoms with Crippen LogP contribution in [0.25, 0.3) is 0 Å². The van der Waals surface area contributed by atoms with E-state index in [1.165, 1.54) is 0 Å². The molecule has 1 N–H and O–H groups in total. The Bertz CT molecular complexity index is 655. The number of anilines is 2. The monoisotopic (exact) mass is 340 g/mol. The van der Waals surface area contributed by atoms with Crippen molar-refractivity contribution in [2.75, 3.05) is 51.1 Å². The van der Waals surface area contributed by atoms with Crippen molar-refractivity contribution in [3.63, 3.8) is 0 Å². The summed E-state index contributed by atoms with van der Waals surface area (Å²) >= 11 is 0. The van der Waals surface area contributed by atoms with Gasteiger partial charge in [0.2, 0.25) is 0 Å². The minimum absolute atomic E-state index is 0.0573. The maximum absolute atomic E-state index is 12.2. The van der Waals surface area contributed by atoms with Gasteiger partial charge in [0.15, 0.2) is 0 Å². The van der Waals surface area contributed by atoms with Crippen LogP contribution in [0, 0.1) is 0 Å². The Kier molecular flexibility index (Phi) is 6.69. The number of rotatable bonds is 7. The Morgan fingerprint density at radius 1 is 0.880 bits per heavy atom. The van der Waals surface area contributed by atoms with Crippen molar-refractivity contribution >= 4 is 17.4 Å². The van der Waals surface area contributed by atoms with E-state index in [4.69, 9.17) is 0 Å². The second kappa shape index (κ2) is 8.97. The highest BCUT2D eigenvalue weighted by atomic mass is 16.2. The number of nitrogens with zero attached hydrogens (tertiary/aromatic N) is 3. The zero-order valence-electron chi connectivity index (χ0n) is 15.6. The molecule has 0 fully saturated rings. The second-order valence-corrected chi connectivity index (χ2v) is 6.41. The maximum Gasteiger partial charge on any atom is 0.317 e. The number of likely N-dealkylation sites (N-methyl/N-ethyl adjacent to an activating group) is 1. The fraction of sp³-hybridized carbons (Fsp3) is 0.350. The molecule has 0 atom stereocenters. The molecule has 2 aromatic carbocycles. The lowest BCUT2D eigenvalue weighted by molar-refractivity contribution is 0.207. The largest absolute Gasteiger partial charge is 0.378 e. The van der Waals surface area contributed by atoms with Crippen LogP contribution in [0.1, 0.15) is 5.56 Å². The van der Waals surface area contributed by atoms with Gasteiger partial charge in [-0.15, -0.1) is 0 Å². The standard InChI is InChI=1S/C20H28N4O/c1-22(2)18-12-10-17(11-13-18)16-24(4)20(25)21-14-15-23(3)19-8-6-5-7-9-19/h5-13H,14-16H2,1-4H3,(H,21,25). The topological polar surface area (TPSA) is 38.8 Å². The summed E-state index contributed by atoms with van der Waals surface area (Å²) in [6.45, 7) is 1.96. The van der Waals surface area contributed by atoms with Crippen LogP contribution in [0.3, 0.4) is 0 Å². The molecule has 0 aromatic heterocycles. The van der Waals surface area contributed by atoms with E-state index in [0.717, 1.165) is 23.5 Å². The molecule has 0 aliphatic rings. The van der Waals surface area contributed by atoms with Gasteiger partial charge in [0, 0.05) is 59.2 Å². The average molecular weight is 340 g/mol. The minimum Gasteiger partial charge on any atom is -0.378 e. The first-order valence-corrected chi connectivity index (χ1v) is 8.49. The summed E-state index contributed by atoms with van der Waals surface area (Å²) in [7, 11) is 7.87. The molecule has 0 aliphatic heterocycles. The van der Waals surface area contributed by atoms with Crippen molar-refractivity contribution in [1.82, 2.24) is 10.2 Å². The van der Waals surface area contributed by atoms with Crippen molar-refractivity contribution in [3.05, 3.63) is 60.2 Å². The summed E-state index contributed by atoms with van der Waals surface area (Å²) in [5.41, 5.74) is 3.41. The maximum atomic E-state index is 12.2. The summed E-state index contributed by atoms with van der Waals surface area (Å²) in [4.78, 5) is 18.1. The van der Waals surface area contributed by atoms with E-state index in [-0.39, 0.29) is 6.03 Å². The van der Waals surface area contributed by atoms with Crippen molar-refractivity contribution in [1.29, 1.82) is 0 Å². The fourth-order valence-electron chi connectivity index (χ4n) is 2.52. The van der Waals surface area contributed by atoms with Crippen LogP contribution in [-0.2, 0) is 6.54 Å². The molecule has 0 radical (unpaired) electrons. The minimum atomic E-state index is -0.0573. The molecule has 5 heteroatoms. The van der Waals surface area contributed by atoms with Gasteiger partial charge >= 0.3 is 6.03 Å². The molecular weight excluding hydrogens is 312 g/mol. The van der Waals surface area contributed by atoms with Crippen LogP contribution >= 0.6 is 0 Å². The van der Waals surface area contributed by atoms with Gasteiger partial charge in [0.05, 0.1) is 0 Å². The summed E-state index contributed by atoms with van der Waals surface area (Å²) in [5, 5.41) is 2.97. The lowest BCUT2D eigenvalue weighted by atomic mass is 10.2. The van der Waals surface area contributed by atoms with Gasteiger partial charge in [-0.25, -0.2) is 4.79 Å². The molecule has 0 saturated carbocycles. The third-order valence-electron chi connectivity index (χ3n) is 4.14.